The van der Waals surface area contributed by atoms with Gasteiger partial charge in [0.25, 0.3) is 15.6 Å². The van der Waals surface area contributed by atoms with Gasteiger partial charge < -0.3 is 0 Å². The second-order valence-corrected chi connectivity index (χ2v) is 8.43. The zero-order valence-corrected chi connectivity index (χ0v) is 14.7. The van der Waals surface area contributed by atoms with Crippen LogP contribution in [-0.2, 0) is 17.1 Å². The molecular formula is C16H15N3O3S2. The van der Waals surface area contributed by atoms with Crippen molar-refractivity contribution in [3.63, 3.8) is 0 Å². The van der Waals surface area contributed by atoms with Gasteiger partial charge in [-0.25, -0.2) is 13.1 Å². The van der Waals surface area contributed by atoms with Crippen molar-refractivity contribution >= 4 is 27.0 Å². The Balaban J connectivity index is 1.84. The van der Waals surface area contributed by atoms with Gasteiger partial charge in [0.1, 0.15) is 4.21 Å². The van der Waals surface area contributed by atoms with Crippen LogP contribution in [-0.4, -0.2) is 18.2 Å². The number of thiophene rings is 1. The van der Waals surface area contributed by atoms with Crippen molar-refractivity contribution in [2.45, 2.75) is 11.1 Å². The van der Waals surface area contributed by atoms with Gasteiger partial charge in [-0.05, 0) is 37.3 Å². The van der Waals surface area contributed by atoms with E-state index in [1.165, 1.54) is 22.1 Å². The van der Waals surface area contributed by atoms with Crippen LogP contribution in [0.5, 0.6) is 0 Å². The Bertz CT molecular complexity index is 1030. The first-order valence-electron chi connectivity index (χ1n) is 7.09. The van der Waals surface area contributed by atoms with Crippen molar-refractivity contribution in [3.05, 3.63) is 63.8 Å². The van der Waals surface area contributed by atoms with Crippen LogP contribution in [0.25, 0.3) is 11.3 Å². The molecule has 0 fully saturated rings. The lowest BCUT2D eigenvalue weighted by atomic mass is 10.1. The predicted octanol–water partition coefficient (Wildman–Crippen LogP) is 2.62. The van der Waals surface area contributed by atoms with Crippen molar-refractivity contribution in [2.24, 2.45) is 7.05 Å². The lowest BCUT2D eigenvalue weighted by Crippen LogP contribution is -2.18. The van der Waals surface area contributed by atoms with Crippen LogP contribution in [0.1, 0.15) is 4.88 Å². The minimum atomic E-state index is -3.57. The molecule has 0 aliphatic carbocycles. The molecule has 3 rings (SSSR count). The summed E-state index contributed by atoms with van der Waals surface area (Å²) in [5, 5.41) is 4.16. The smallest absolute Gasteiger partial charge is 0.271 e. The molecule has 124 valence electrons. The largest absolute Gasteiger partial charge is 0.279 e. The fraction of sp³-hybridized carbons (Fsp3) is 0.125. The van der Waals surface area contributed by atoms with Crippen molar-refractivity contribution in [1.29, 1.82) is 0 Å². The van der Waals surface area contributed by atoms with E-state index >= 15 is 0 Å². The van der Waals surface area contributed by atoms with Crippen LogP contribution in [0.3, 0.4) is 0 Å². The maximum atomic E-state index is 12.3. The fourth-order valence-electron chi connectivity index (χ4n) is 2.13. The number of nitrogens with zero attached hydrogens (tertiary/aromatic N) is 2. The van der Waals surface area contributed by atoms with Gasteiger partial charge in [0.15, 0.2) is 0 Å². The quantitative estimate of drug-likeness (QED) is 0.774. The lowest BCUT2D eigenvalue weighted by Gasteiger charge is -2.07. The molecule has 0 unspecified atom stereocenters. The van der Waals surface area contributed by atoms with Gasteiger partial charge in [-0.3, -0.25) is 9.52 Å². The molecule has 1 aromatic carbocycles. The van der Waals surface area contributed by atoms with Crippen LogP contribution in [0.15, 0.2) is 57.5 Å². The Morgan fingerprint density at radius 1 is 1.04 bits per heavy atom. The average molecular weight is 361 g/mol. The van der Waals surface area contributed by atoms with Gasteiger partial charge in [-0.2, -0.15) is 5.10 Å². The molecule has 0 amide bonds. The normalized spacial score (nSPS) is 11.4. The molecule has 8 heteroatoms. The molecule has 0 spiro atoms. The molecule has 0 bridgehead atoms. The summed E-state index contributed by atoms with van der Waals surface area (Å²) in [7, 11) is -1.99. The van der Waals surface area contributed by atoms with E-state index in [1.807, 2.05) is 6.92 Å². The second kappa shape index (κ2) is 6.21. The lowest BCUT2D eigenvalue weighted by molar-refractivity contribution is 0.603. The number of aryl methyl sites for hydroxylation is 2. The third-order valence-corrected chi connectivity index (χ3v) is 6.25. The molecule has 1 N–H and O–H groups in total. The summed E-state index contributed by atoms with van der Waals surface area (Å²) in [5.74, 6) is 0. The number of anilines is 1. The van der Waals surface area contributed by atoms with E-state index in [4.69, 9.17) is 0 Å². The molecule has 0 aliphatic heterocycles. The Kier molecular flexibility index (Phi) is 4.25. The Morgan fingerprint density at radius 3 is 2.33 bits per heavy atom. The van der Waals surface area contributed by atoms with Gasteiger partial charge in [0, 0.05) is 29.2 Å². The van der Waals surface area contributed by atoms with Gasteiger partial charge in [0.2, 0.25) is 0 Å². The van der Waals surface area contributed by atoms with Crippen LogP contribution in [0.2, 0.25) is 0 Å². The fourth-order valence-corrected chi connectivity index (χ4v) is 4.47. The Morgan fingerprint density at radius 2 is 1.75 bits per heavy atom. The molecule has 0 atom stereocenters. The van der Waals surface area contributed by atoms with Crippen molar-refractivity contribution < 1.29 is 8.42 Å². The molecule has 3 aromatic rings. The summed E-state index contributed by atoms with van der Waals surface area (Å²) in [4.78, 5) is 12.3. The second-order valence-electron chi connectivity index (χ2n) is 5.23. The molecule has 24 heavy (non-hydrogen) atoms. The summed E-state index contributed by atoms with van der Waals surface area (Å²) in [6, 6.07) is 13.3. The summed E-state index contributed by atoms with van der Waals surface area (Å²) in [5.41, 5.74) is 1.71. The highest BCUT2D eigenvalue weighted by atomic mass is 32.2. The number of aromatic nitrogens is 2. The molecule has 0 aliphatic rings. The van der Waals surface area contributed by atoms with Crippen molar-refractivity contribution in [3.8, 4) is 11.3 Å². The predicted molar refractivity (Wildman–Crippen MR) is 94.8 cm³/mol. The Hall–Kier alpha value is -2.45. The van der Waals surface area contributed by atoms with Crippen LogP contribution >= 0.6 is 11.3 Å². The summed E-state index contributed by atoms with van der Waals surface area (Å²) in [6.45, 7) is 1.86. The molecule has 0 saturated heterocycles. The zero-order chi connectivity index (χ0) is 17.3. The number of benzene rings is 1. The van der Waals surface area contributed by atoms with Crippen LogP contribution in [0.4, 0.5) is 5.69 Å². The minimum absolute atomic E-state index is 0.186. The third-order valence-electron chi connectivity index (χ3n) is 3.37. The zero-order valence-electron chi connectivity index (χ0n) is 13.1. The van der Waals surface area contributed by atoms with Gasteiger partial charge >= 0.3 is 0 Å². The van der Waals surface area contributed by atoms with E-state index in [1.54, 1.807) is 49.5 Å². The van der Waals surface area contributed by atoms with Gasteiger partial charge in [-0.15, -0.1) is 11.3 Å². The van der Waals surface area contributed by atoms with Crippen molar-refractivity contribution in [2.75, 3.05) is 4.72 Å². The summed E-state index contributed by atoms with van der Waals surface area (Å²) >= 11 is 1.22. The average Bonchev–Trinajstić information content (AvgIpc) is 2.98. The molecule has 0 radical (unpaired) electrons. The highest BCUT2D eigenvalue weighted by molar-refractivity contribution is 7.94. The van der Waals surface area contributed by atoms with Crippen molar-refractivity contribution in [1.82, 2.24) is 9.78 Å². The van der Waals surface area contributed by atoms with Gasteiger partial charge in [-0.1, -0.05) is 12.1 Å². The topological polar surface area (TPSA) is 81.1 Å². The molecular weight excluding hydrogens is 346 g/mol. The van der Waals surface area contributed by atoms with E-state index < -0.39 is 10.0 Å². The standard InChI is InChI=1S/C16H15N3O3S2/c1-11-3-10-16(23-11)24(21,22)18-13-6-4-12(5-7-13)14-8-9-15(20)19(2)17-14/h3-10,18H,1-2H3. The van der Waals surface area contributed by atoms with E-state index in [-0.39, 0.29) is 9.77 Å². The minimum Gasteiger partial charge on any atom is -0.279 e. The molecule has 2 aromatic heterocycles. The number of nitrogens with one attached hydrogen (secondary N) is 1. The molecule has 2 heterocycles. The van der Waals surface area contributed by atoms with Gasteiger partial charge in [0.05, 0.1) is 5.69 Å². The number of hydrogen-bond acceptors (Lipinski definition) is 5. The van der Waals surface area contributed by atoms with E-state index in [0.717, 1.165) is 10.4 Å². The van der Waals surface area contributed by atoms with E-state index in [0.29, 0.717) is 11.4 Å². The summed E-state index contributed by atoms with van der Waals surface area (Å²) < 4.78 is 28.7. The first kappa shape index (κ1) is 16.4. The SMILES string of the molecule is Cc1ccc(S(=O)(=O)Nc2ccc(-c3ccc(=O)n(C)n3)cc2)s1. The highest BCUT2D eigenvalue weighted by Gasteiger charge is 2.16. The van der Waals surface area contributed by atoms with E-state index in [9.17, 15) is 13.2 Å². The maximum absolute atomic E-state index is 12.3. The monoisotopic (exact) mass is 361 g/mol. The van der Waals surface area contributed by atoms with Crippen LogP contribution < -0.4 is 10.3 Å². The maximum Gasteiger partial charge on any atom is 0.271 e. The molecule has 6 nitrogen and oxygen atoms in total. The summed E-state index contributed by atoms with van der Waals surface area (Å²) in [6.07, 6.45) is 0. The van der Waals surface area contributed by atoms with E-state index in [2.05, 4.69) is 9.82 Å². The first-order valence-corrected chi connectivity index (χ1v) is 9.39. The van der Waals surface area contributed by atoms with Crippen LogP contribution in [0, 0.1) is 6.92 Å². The highest BCUT2D eigenvalue weighted by Crippen LogP contribution is 2.24. The Labute approximate surface area is 143 Å². The third kappa shape index (κ3) is 3.39. The molecule has 0 saturated carbocycles. The number of rotatable bonds is 4. The first-order chi connectivity index (χ1) is 11.3. The number of sulfonamides is 1. The number of hydrogen-bond donors (Lipinski definition) is 1.